The molecular formula is C11H15N5. The summed E-state index contributed by atoms with van der Waals surface area (Å²) in [6.07, 6.45) is 5.66. The second-order valence-corrected chi connectivity index (χ2v) is 4.46. The first-order valence-electron chi connectivity index (χ1n) is 5.52. The van der Waals surface area contributed by atoms with E-state index in [-0.39, 0.29) is 0 Å². The Morgan fingerprint density at radius 2 is 2.25 bits per heavy atom. The molecule has 2 heterocycles. The molecule has 1 aliphatic carbocycles. The van der Waals surface area contributed by atoms with Crippen molar-refractivity contribution in [3.05, 3.63) is 18.6 Å². The van der Waals surface area contributed by atoms with Gasteiger partial charge < -0.3 is 15.6 Å². The van der Waals surface area contributed by atoms with Crippen molar-refractivity contribution < 1.29 is 0 Å². The normalized spacial score (nSPS) is 24.4. The van der Waals surface area contributed by atoms with E-state index >= 15 is 0 Å². The van der Waals surface area contributed by atoms with Crippen LogP contribution in [0.3, 0.4) is 0 Å². The van der Waals surface area contributed by atoms with Crippen molar-refractivity contribution in [2.24, 2.45) is 12.8 Å². The lowest BCUT2D eigenvalue weighted by molar-refractivity contribution is 0.373. The standard InChI is InChI=1S/C11H15N5/c1-16-6-14-10-9(16)2-3-13-11(10)15-8-4-7(12)5-8/h2-3,6-8H,4-5,12H2,1H3,(H,13,15). The predicted octanol–water partition coefficient (Wildman–Crippen LogP) is 0.870. The molecule has 0 unspecified atom stereocenters. The fourth-order valence-electron chi connectivity index (χ4n) is 2.14. The van der Waals surface area contributed by atoms with Crippen LogP contribution in [0.1, 0.15) is 12.8 Å². The van der Waals surface area contributed by atoms with E-state index in [9.17, 15) is 0 Å². The van der Waals surface area contributed by atoms with Crippen LogP contribution in [0.5, 0.6) is 0 Å². The lowest BCUT2D eigenvalue weighted by Gasteiger charge is -2.33. The number of nitrogens with zero attached hydrogens (tertiary/aromatic N) is 3. The Balaban J connectivity index is 1.91. The monoisotopic (exact) mass is 217 g/mol. The van der Waals surface area contributed by atoms with E-state index in [4.69, 9.17) is 5.73 Å². The summed E-state index contributed by atoms with van der Waals surface area (Å²) in [5.41, 5.74) is 7.79. The van der Waals surface area contributed by atoms with E-state index in [2.05, 4.69) is 15.3 Å². The van der Waals surface area contributed by atoms with Crippen LogP contribution in [0.15, 0.2) is 18.6 Å². The van der Waals surface area contributed by atoms with E-state index < -0.39 is 0 Å². The number of nitrogens with two attached hydrogens (primary N) is 1. The Morgan fingerprint density at radius 1 is 1.44 bits per heavy atom. The molecule has 0 aliphatic heterocycles. The summed E-state index contributed by atoms with van der Waals surface area (Å²) in [4.78, 5) is 8.69. The topological polar surface area (TPSA) is 68.8 Å². The van der Waals surface area contributed by atoms with Gasteiger partial charge in [0.1, 0.15) is 5.52 Å². The number of nitrogens with one attached hydrogen (secondary N) is 1. The number of hydrogen-bond donors (Lipinski definition) is 2. The predicted molar refractivity (Wildman–Crippen MR) is 63.1 cm³/mol. The molecule has 0 spiro atoms. The third-order valence-electron chi connectivity index (χ3n) is 3.16. The first-order chi connectivity index (χ1) is 7.74. The third-order valence-corrected chi connectivity index (χ3v) is 3.16. The molecule has 0 atom stereocenters. The zero-order valence-electron chi connectivity index (χ0n) is 9.22. The zero-order valence-corrected chi connectivity index (χ0v) is 9.22. The molecule has 1 aliphatic rings. The summed E-state index contributed by atoms with van der Waals surface area (Å²) in [5, 5.41) is 3.40. The molecule has 2 aromatic heterocycles. The lowest BCUT2D eigenvalue weighted by Crippen LogP contribution is -2.44. The van der Waals surface area contributed by atoms with Crippen LogP contribution in [0, 0.1) is 0 Å². The van der Waals surface area contributed by atoms with Crippen molar-refractivity contribution in [3.63, 3.8) is 0 Å². The number of aromatic nitrogens is 3. The molecule has 5 heteroatoms. The molecule has 0 saturated heterocycles. The van der Waals surface area contributed by atoms with E-state index in [0.29, 0.717) is 12.1 Å². The zero-order chi connectivity index (χ0) is 11.1. The van der Waals surface area contributed by atoms with E-state index in [1.54, 1.807) is 0 Å². The minimum Gasteiger partial charge on any atom is -0.365 e. The number of aryl methyl sites for hydroxylation is 1. The Labute approximate surface area is 93.7 Å². The molecule has 0 aromatic carbocycles. The van der Waals surface area contributed by atoms with Crippen LogP contribution in [-0.2, 0) is 7.05 Å². The molecule has 0 radical (unpaired) electrons. The molecule has 3 N–H and O–H groups in total. The largest absolute Gasteiger partial charge is 0.365 e. The minimum absolute atomic E-state index is 0.348. The number of fused-ring (bicyclic) bond motifs is 1. The molecule has 84 valence electrons. The van der Waals surface area contributed by atoms with Crippen LogP contribution in [-0.4, -0.2) is 26.6 Å². The van der Waals surface area contributed by atoms with Gasteiger partial charge >= 0.3 is 0 Å². The van der Waals surface area contributed by atoms with Gasteiger partial charge in [-0.2, -0.15) is 0 Å². The van der Waals surface area contributed by atoms with Gasteiger partial charge in [0.05, 0.1) is 11.8 Å². The Hall–Kier alpha value is -1.62. The van der Waals surface area contributed by atoms with Crippen LogP contribution < -0.4 is 11.1 Å². The SMILES string of the molecule is Cn1cnc2c(NC3CC(N)C3)nccc21. The highest BCUT2D eigenvalue weighted by molar-refractivity contribution is 5.85. The average molecular weight is 217 g/mol. The summed E-state index contributed by atoms with van der Waals surface area (Å²) >= 11 is 0. The number of imidazole rings is 1. The second kappa shape index (κ2) is 3.45. The molecule has 5 nitrogen and oxygen atoms in total. The molecule has 1 saturated carbocycles. The van der Waals surface area contributed by atoms with Crippen molar-refractivity contribution in [1.82, 2.24) is 14.5 Å². The van der Waals surface area contributed by atoms with Crippen molar-refractivity contribution in [3.8, 4) is 0 Å². The van der Waals surface area contributed by atoms with Gasteiger partial charge in [0.2, 0.25) is 0 Å². The average Bonchev–Trinajstić information content (AvgIpc) is 2.60. The number of anilines is 1. The van der Waals surface area contributed by atoms with Gasteiger partial charge in [-0.15, -0.1) is 0 Å². The van der Waals surface area contributed by atoms with Gasteiger partial charge in [0.15, 0.2) is 5.82 Å². The van der Waals surface area contributed by atoms with Crippen LogP contribution in [0.4, 0.5) is 5.82 Å². The molecule has 0 amide bonds. The van der Waals surface area contributed by atoms with Crippen LogP contribution in [0.2, 0.25) is 0 Å². The lowest BCUT2D eigenvalue weighted by atomic mass is 9.88. The first kappa shape index (κ1) is 9.59. The summed E-state index contributed by atoms with van der Waals surface area (Å²) < 4.78 is 1.99. The van der Waals surface area contributed by atoms with Gasteiger partial charge in [0, 0.05) is 25.3 Å². The smallest absolute Gasteiger partial charge is 0.154 e. The molecule has 0 bridgehead atoms. The molecule has 3 rings (SSSR count). The molecule has 2 aromatic rings. The number of hydrogen-bond acceptors (Lipinski definition) is 4. The van der Waals surface area contributed by atoms with Crippen LogP contribution >= 0.6 is 0 Å². The Bertz CT molecular complexity index is 512. The van der Waals surface area contributed by atoms with E-state index in [1.807, 2.05) is 30.2 Å². The first-order valence-corrected chi connectivity index (χ1v) is 5.52. The summed E-state index contributed by atoms with van der Waals surface area (Å²) in [6.45, 7) is 0. The van der Waals surface area contributed by atoms with Gasteiger partial charge in [-0.1, -0.05) is 0 Å². The minimum atomic E-state index is 0.348. The molecule has 1 fully saturated rings. The highest BCUT2D eigenvalue weighted by atomic mass is 15.1. The van der Waals surface area contributed by atoms with Crippen molar-refractivity contribution in [2.75, 3.05) is 5.32 Å². The molecule has 16 heavy (non-hydrogen) atoms. The maximum atomic E-state index is 5.76. The second-order valence-electron chi connectivity index (χ2n) is 4.46. The quantitative estimate of drug-likeness (QED) is 0.783. The van der Waals surface area contributed by atoms with Gasteiger partial charge in [-0.05, 0) is 18.9 Å². The highest BCUT2D eigenvalue weighted by Crippen LogP contribution is 2.25. The van der Waals surface area contributed by atoms with Gasteiger partial charge in [-0.3, -0.25) is 0 Å². The third kappa shape index (κ3) is 1.44. The maximum Gasteiger partial charge on any atom is 0.154 e. The Morgan fingerprint density at radius 3 is 3.00 bits per heavy atom. The van der Waals surface area contributed by atoms with Crippen molar-refractivity contribution >= 4 is 16.9 Å². The Kier molecular flexibility index (Phi) is 2.07. The fraction of sp³-hybridized carbons (Fsp3) is 0.455. The summed E-state index contributed by atoms with van der Waals surface area (Å²) in [6, 6.07) is 2.77. The molecular weight excluding hydrogens is 202 g/mol. The van der Waals surface area contributed by atoms with Crippen LogP contribution in [0.25, 0.3) is 11.0 Å². The maximum absolute atomic E-state index is 5.76. The van der Waals surface area contributed by atoms with E-state index in [1.165, 1.54) is 0 Å². The highest BCUT2D eigenvalue weighted by Gasteiger charge is 2.26. The number of rotatable bonds is 2. The summed E-state index contributed by atoms with van der Waals surface area (Å²) in [5.74, 6) is 0.870. The number of pyridine rings is 1. The van der Waals surface area contributed by atoms with Crippen molar-refractivity contribution in [2.45, 2.75) is 24.9 Å². The van der Waals surface area contributed by atoms with Gasteiger partial charge in [0.25, 0.3) is 0 Å². The summed E-state index contributed by atoms with van der Waals surface area (Å²) in [7, 11) is 1.98. The van der Waals surface area contributed by atoms with Crippen molar-refractivity contribution in [1.29, 1.82) is 0 Å². The van der Waals surface area contributed by atoms with E-state index in [0.717, 1.165) is 29.7 Å². The fourth-order valence-corrected chi connectivity index (χ4v) is 2.14. The van der Waals surface area contributed by atoms with Gasteiger partial charge in [-0.25, -0.2) is 9.97 Å².